The minimum Gasteiger partial charge on any atom is -0.449 e. The van der Waals surface area contributed by atoms with Gasteiger partial charge in [0.25, 0.3) is 21.6 Å². The molecule has 1 amide bonds. The zero-order valence-corrected chi connectivity index (χ0v) is 20.7. The Hall–Kier alpha value is -3.47. The fourth-order valence-corrected chi connectivity index (χ4v) is 5.49. The Morgan fingerprint density at radius 3 is 2.43 bits per heavy atom. The monoisotopic (exact) mass is 503 g/mol. The fraction of sp³-hybridized carbons (Fsp3) is 0.417. The third-order valence-electron chi connectivity index (χ3n) is 5.96. The Bertz CT molecular complexity index is 1240. The van der Waals surface area contributed by atoms with Crippen LogP contribution in [0, 0.1) is 24.0 Å². The van der Waals surface area contributed by atoms with E-state index in [9.17, 15) is 28.1 Å². The third-order valence-corrected chi connectivity index (χ3v) is 7.45. The molecule has 2 aromatic carbocycles. The summed E-state index contributed by atoms with van der Waals surface area (Å²) in [6.45, 7) is 4.35. The van der Waals surface area contributed by atoms with E-state index in [0.717, 1.165) is 32.1 Å². The molecule has 0 saturated heterocycles. The van der Waals surface area contributed by atoms with Crippen LogP contribution in [0.3, 0.4) is 0 Å². The maximum atomic E-state index is 13.1. The van der Waals surface area contributed by atoms with Crippen molar-refractivity contribution in [1.82, 2.24) is 5.32 Å². The number of nitrogens with zero attached hydrogens (tertiary/aromatic N) is 1. The number of anilines is 1. The SMILES string of the molecule is Cc1cc([N+](=O)[O-])c(C)c(S(=O)(=O)Nc2ccccc2C(=O)O[C@@H](C)C(=O)NC2CCCCC2)c1. The van der Waals surface area contributed by atoms with Crippen LogP contribution in [-0.4, -0.2) is 37.4 Å². The fourth-order valence-electron chi connectivity index (χ4n) is 4.07. The Balaban J connectivity index is 1.79. The molecule has 11 heteroatoms. The molecule has 188 valence electrons. The Morgan fingerprint density at radius 2 is 1.77 bits per heavy atom. The van der Waals surface area contributed by atoms with Crippen molar-refractivity contribution in [2.24, 2.45) is 0 Å². The number of hydrogen-bond acceptors (Lipinski definition) is 7. The third kappa shape index (κ3) is 6.36. The summed E-state index contributed by atoms with van der Waals surface area (Å²) >= 11 is 0. The van der Waals surface area contributed by atoms with Gasteiger partial charge in [0.2, 0.25) is 0 Å². The van der Waals surface area contributed by atoms with E-state index in [0.29, 0.717) is 5.56 Å². The van der Waals surface area contributed by atoms with E-state index in [1.165, 1.54) is 50.2 Å². The number of amides is 1. The quantitative estimate of drug-likeness (QED) is 0.314. The maximum absolute atomic E-state index is 13.1. The molecule has 2 N–H and O–H groups in total. The molecule has 0 unspecified atom stereocenters. The number of nitro benzene ring substituents is 1. The van der Waals surface area contributed by atoms with Crippen molar-refractivity contribution in [2.75, 3.05) is 4.72 Å². The van der Waals surface area contributed by atoms with Gasteiger partial charge in [-0.1, -0.05) is 31.4 Å². The number of sulfonamides is 1. The van der Waals surface area contributed by atoms with Crippen LogP contribution in [0.25, 0.3) is 0 Å². The van der Waals surface area contributed by atoms with Crippen molar-refractivity contribution >= 4 is 33.3 Å². The molecule has 1 fully saturated rings. The van der Waals surface area contributed by atoms with Crippen molar-refractivity contribution in [1.29, 1.82) is 0 Å². The molecule has 0 aromatic heterocycles. The van der Waals surface area contributed by atoms with Gasteiger partial charge in [-0.3, -0.25) is 19.6 Å². The van der Waals surface area contributed by atoms with Gasteiger partial charge < -0.3 is 10.1 Å². The molecule has 1 aliphatic rings. The Labute approximate surface area is 204 Å². The first-order valence-corrected chi connectivity index (χ1v) is 12.9. The summed E-state index contributed by atoms with van der Waals surface area (Å²) in [6, 6.07) is 8.47. The number of carbonyl (C=O) groups excluding carboxylic acids is 2. The summed E-state index contributed by atoms with van der Waals surface area (Å²) in [7, 11) is -4.28. The number of carbonyl (C=O) groups is 2. The molecular formula is C24H29N3O7S. The van der Waals surface area contributed by atoms with Crippen LogP contribution in [0.5, 0.6) is 0 Å². The van der Waals surface area contributed by atoms with E-state index < -0.39 is 32.9 Å². The van der Waals surface area contributed by atoms with Crippen molar-refractivity contribution < 1.29 is 27.7 Å². The zero-order valence-electron chi connectivity index (χ0n) is 19.9. The highest BCUT2D eigenvalue weighted by atomic mass is 32.2. The van der Waals surface area contributed by atoms with Gasteiger partial charge in [-0.15, -0.1) is 0 Å². The van der Waals surface area contributed by atoms with Crippen LogP contribution in [-0.2, 0) is 19.6 Å². The standard InChI is InChI=1S/C24H29N3O7S/c1-15-13-21(27(30)31)16(2)22(14-15)35(32,33)26-20-12-8-7-11-19(20)24(29)34-17(3)23(28)25-18-9-5-4-6-10-18/h7-8,11-14,17-18,26H,4-6,9-10H2,1-3H3,(H,25,28)/t17-/m0/s1. The van der Waals surface area contributed by atoms with Gasteiger partial charge in [0.05, 0.1) is 21.1 Å². The highest BCUT2D eigenvalue weighted by Crippen LogP contribution is 2.29. The van der Waals surface area contributed by atoms with E-state index in [2.05, 4.69) is 10.0 Å². The van der Waals surface area contributed by atoms with Gasteiger partial charge >= 0.3 is 5.97 Å². The molecule has 0 aliphatic heterocycles. The first-order chi connectivity index (χ1) is 16.5. The van der Waals surface area contributed by atoms with Gasteiger partial charge in [0.15, 0.2) is 6.10 Å². The van der Waals surface area contributed by atoms with Crippen LogP contribution >= 0.6 is 0 Å². The lowest BCUT2D eigenvalue weighted by atomic mass is 9.95. The lowest BCUT2D eigenvalue weighted by molar-refractivity contribution is -0.385. The van der Waals surface area contributed by atoms with E-state index in [1.807, 2.05) is 0 Å². The van der Waals surface area contributed by atoms with E-state index in [1.54, 1.807) is 6.92 Å². The molecule has 10 nitrogen and oxygen atoms in total. The molecular weight excluding hydrogens is 474 g/mol. The predicted molar refractivity (Wildman–Crippen MR) is 130 cm³/mol. The number of para-hydroxylation sites is 1. The van der Waals surface area contributed by atoms with Crippen LogP contribution in [0.4, 0.5) is 11.4 Å². The number of esters is 1. The van der Waals surface area contributed by atoms with Gasteiger partial charge in [-0.05, 0) is 57.4 Å². The van der Waals surface area contributed by atoms with Gasteiger partial charge in [-0.2, -0.15) is 0 Å². The van der Waals surface area contributed by atoms with Crippen LogP contribution in [0.2, 0.25) is 0 Å². The molecule has 0 bridgehead atoms. The topological polar surface area (TPSA) is 145 Å². The second kappa shape index (κ2) is 10.9. The molecule has 0 radical (unpaired) electrons. The summed E-state index contributed by atoms with van der Waals surface area (Å²) in [4.78, 5) is 35.7. The lowest BCUT2D eigenvalue weighted by Crippen LogP contribution is -2.42. The van der Waals surface area contributed by atoms with E-state index in [-0.39, 0.29) is 33.4 Å². The smallest absolute Gasteiger partial charge is 0.341 e. The summed E-state index contributed by atoms with van der Waals surface area (Å²) in [5, 5.41) is 14.2. The molecule has 1 aliphatic carbocycles. The number of nitrogens with one attached hydrogen (secondary N) is 2. The summed E-state index contributed by atoms with van der Waals surface area (Å²) in [5.74, 6) is -1.28. The molecule has 35 heavy (non-hydrogen) atoms. The van der Waals surface area contributed by atoms with Crippen molar-refractivity contribution in [2.45, 2.75) is 69.9 Å². The average molecular weight is 504 g/mol. The van der Waals surface area contributed by atoms with E-state index in [4.69, 9.17) is 4.74 Å². The van der Waals surface area contributed by atoms with Crippen molar-refractivity contribution in [3.8, 4) is 0 Å². The number of hydrogen-bond donors (Lipinski definition) is 2. The first kappa shape index (κ1) is 26.1. The molecule has 3 rings (SSSR count). The second-order valence-corrected chi connectivity index (χ2v) is 10.4. The van der Waals surface area contributed by atoms with Crippen LogP contribution < -0.4 is 10.0 Å². The predicted octanol–water partition coefficient (Wildman–Crippen LogP) is 4.01. The largest absolute Gasteiger partial charge is 0.449 e. The summed E-state index contributed by atoms with van der Waals surface area (Å²) < 4.78 is 33.9. The highest BCUT2D eigenvalue weighted by molar-refractivity contribution is 7.92. The Morgan fingerprint density at radius 1 is 1.11 bits per heavy atom. The average Bonchev–Trinajstić information content (AvgIpc) is 2.80. The zero-order chi connectivity index (χ0) is 25.8. The molecule has 1 atom stereocenters. The first-order valence-electron chi connectivity index (χ1n) is 11.4. The van der Waals surface area contributed by atoms with Gasteiger partial charge in [0.1, 0.15) is 0 Å². The minimum atomic E-state index is -4.28. The normalized spacial score (nSPS) is 15.2. The number of ether oxygens (including phenoxy) is 1. The maximum Gasteiger partial charge on any atom is 0.341 e. The van der Waals surface area contributed by atoms with Gasteiger partial charge in [0, 0.05) is 17.7 Å². The number of rotatable bonds is 8. The molecule has 1 saturated carbocycles. The van der Waals surface area contributed by atoms with Crippen molar-refractivity contribution in [3.05, 3.63) is 63.2 Å². The number of aryl methyl sites for hydroxylation is 1. The second-order valence-electron chi connectivity index (χ2n) is 8.71. The van der Waals surface area contributed by atoms with Crippen LogP contribution in [0.15, 0.2) is 41.3 Å². The lowest BCUT2D eigenvalue weighted by Gasteiger charge is -2.24. The molecule has 0 spiro atoms. The summed E-state index contributed by atoms with van der Waals surface area (Å²) in [6.07, 6.45) is 3.91. The summed E-state index contributed by atoms with van der Waals surface area (Å²) in [5.41, 5.74) is -0.112. The van der Waals surface area contributed by atoms with E-state index >= 15 is 0 Å². The number of benzene rings is 2. The van der Waals surface area contributed by atoms with Crippen LogP contribution in [0.1, 0.15) is 60.5 Å². The minimum absolute atomic E-state index is 0.0267. The number of nitro groups is 1. The molecule has 0 heterocycles. The van der Waals surface area contributed by atoms with Gasteiger partial charge in [-0.25, -0.2) is 13.2 Å². The highest BCUT2D eigenvalue weighted by Gasteiger charge is 2.27. The Kier molecular flexibility index (Phi) is 8.11. The molecule has 2 aromatic rings. The van der Waals surface area contributed by atoms with Crippen molar-refractivity contribution in [3.63, 3.8) is 0 Å².